The van der Waals surface area contributed by atoms with E-state index < -0.39 is 25.8 Å². The SMILES string of the molecule is Cc1cn([C@H]2C[C@H](CC=O)[C@@H](CO[Si](c3ccccc3)(c3ccccc3)C(C)(C)C)O2)c(=O)[nH]c1=O. The van der Waals surface area contributed by atoms with Crippen molar-refractivity contribution >= 4 is 25.0 Å². The fraction of sp³-hybridized carbons (Fsp3) is 0.393. The van der Waals surface area contributed by atoms with Gasteiger partial charge in [0.15, 0.2) is 0 Å². The predicted molar refractivity (Wildman–Crippen MR) is 142 cm³/mol. The highest BCUT2D eigenvalue weighted by Crippen LogP contribution is 2.39. The number of H-pyrrole nitrogens is 1. The van der Waals surface area contributed by atoms with Crippen molar-refractivity contribution in [1.29, 1.82) is 0 Å². The van der Waals surface area contributed by atoms with Crippen molar-refractivity contribution in [2.75, 3.05) is 6.61 Å². The van der Waals surface area contributed by atoms with Crippen LogP contribution in [0.3, 0.4) is 0 Å². The van der Waals surface area contributed by atoms with Crippen LogP contribution in [-0.2, 0) is 14.0 Å². The maximum absolute atomic E-state index is 12.5. The first-order chi connectivity index (χ1) is 17.2. The standard InChI is InChI=1S/C28H34N2O5Si/c1-20-18-30(27(33)29-26(20)32)25-17-21(15-16-31)24(35-25)19-34-36(28(2,3)4,22-11-7-5-8-12-22)23-13-9-6-10-14-23/h5-14,16,18,21,24-25H,15,17,19H2,1-4H3,(H,29,32,33)/t21-,24+,25+/m0/s1. The van der Waals surface area contributed by atoms with Crippen LogP contribution in [0.1, 0.15) is 45.4 Å². The number of aromatic nitrogens is 2. The Morgan fingerprint density at radius 3 is 2.17 bits per heavy atom. The molecule has 7 nitrogen and oxygen atoms in total. The number of aromatic amines is 1. The molecule has 1 aliphatic rings. The zero-order valence-corrected chi connectivity index (χ0v) is 22.3. The summed E-state index contributed by atoms with van der Waals surface area (Å²) in [5.74, 6) is -0.107. The van der Waals surface area contributed by atoms with Crippen molar-refractivity contribution in [1.82, 2.24) is 9.55 Å². The third-order valence-electron chi connectivity index (χ3n) is 7.10. The topological polar surface area (TPSA) is 90.4 Å². The average Bonchev–Trinajstić information content (AvgIpc) is 3.25. The third kappa shape index (κ3) is 4.93. The van der Waals surface area contributed by atoms with E-state index in [0.29, 0.717) is 25.0 Å². The lowest BCUT2D eigenvalue weighted by Gasteiger charge is -2.43. The van der Waals surface area contributed by atoms with E-state index in [2.05, 4.69) is 50.0 Å². The minimum absolute atomic E-state index is 0.107. The molecule has 0 bridgehead atoms. The number of ether oxygens (including phenoxy) is 1. The average molecular weight is 507 g/mol. The van der Waals surface area contributed by atoms with E-state index in [-0.39, 0.29) is 17.1 Å². The zero-order valence-electron chi connectivity index (χ0n) is 21.3. The highest BCUT2D eigenvalue weighted by atomic mass is 28.4. The molecule has 8 heteroatoms. The molecule has 3 aromatic rings. The van der Waals surface area contributed by atoms with Crippen molar-refractivity contribution in [2.45, 2.75) is 57.9 Å². The maximum atomic E-state index is 12.5. The Morgan fingerprint density at radius 1 is 1.06 bits per heavy atom. The number of nitrogens with zero attached hydrogens (tertiary/aromatic N) is 1. The van der Waals surface area contributed by atoms with Crippen molar-refractivity contribution in [2.24, 2.45) is 5.92 Å². The summed E-state index contributed by atoms with van der Waals surface area (Å²) in [5, 5.41) is 2.14. The molecule has 36 heavy (non-hydrogen) atoms. The summed E-state index contributed by atoms with van der Waals surface area (Å²) in [6.07, 6.45) is 2.26. The Labute approximate surface area is 212 Å². The number of aldehydes is 1. The van der Waals surface area contributed by atoms with Crippen LogP contribution in [-0.4, -0.2) is 36.9 Å². The highest BCUT2D eigenvalue weighted by molar-refractivity contribution is 6.99. The molecule has 0 amide bonds. The van der Waals surface area contributed by atoms with Crippen LogP contribution in [0.4, 0.5) is 0 Å². The van der Waals surface area contributed by atoms with Crippen LogP contribution in [0.25, 0.3) is 0 Å². The number of hydrogen-bond donors (Lipinski definition) is 1. The summed E-state index contributed by atoms with van der Waals surface area (Å²) < 4.78 is 14.8. The Bertz CT molecular complexity index is 1260. The summed E-state index contributed by atoms with van der Waals surface area (Å²) in [7, 11) is -2.78. The summed E-state index contributed by atoms with van der Waals surface area (Å²) in [4.78, 5) is 38.2. The first kappa shape index (κ1) is 26.0. The van der Waals surface area contributed by atoms with Gasteiger partial charge in [0, 0.05) is 18.2 Å². The van der Waals surface area contributed by atoms with E-state index in [1.54, 1.807) is 6.92 Å². The largest absolute Gasteiger partial charge is 0.405 e. The van der Waals surface area contributed by atoms with Gasteiger partial charge in [-0.1, -0.05) is 81.4 Å². The van der Waals surface area contributed by atoms with Crippen molar-refractivity contribution in [3.05, 3.63) is 93.3 Å². The molecule has 2 aromatic carbocycles. The van der Waals surface area contributed by atoms with Crippen LogP contribution in [0.15, 0.2) is 76.4 Å². The van der Waals surface area contributed by atoms with E-state index in [9.17, 15) is 14.4 Å². The number of nitrogens with one attached hydrogen (secondary N) is 1. The van der Waals surface area contributed by atoms with E-state index in [1.807, 2.05) is 36.4 Å². The summed E-state index contributed by atoms with van der Waals surface area (Å²) in [6.45, 7) is 8.57. The molecular formula is C28H34N2O5Si. The molecule has 190 valence electrons. The normalized spacial score (nSPS) is 20.4. The van der Waals surface area contributed by atoms with Crippen LogP contribution in [0.2, 0.25) is 5.04 Å². The fourth-order valence-corrected chi connectivity index (χ4v) is 9.84. The fourth-order valence-electron chi connectivity index (χ4n) is 5.27. The van der Waals surface area contributed by atoms with Gasteiger partial charge >= 0.3 is 5.69 Å². The Kier molecular flexibility index (Phi) is 7.58. The van der Waals surface area contributed by atoms with Gasteiger partial charge in [0.25, 0.3) is 13.9 Å². The maximum Gasteiger partial charge on any atom is 0.330 e. The molecule has 0 spiro atoms. The third-order valence-corrected chi connectivity index (χ3v) is 12.1. The molecule has 1 fully saturated rings. The molecule has 1 aromatic heterocycles. The van der Waals surface area contributed by atoms with Crippen LogP contribution in [0, 0.1) is 12.8 Å². The van der Waals surface area contributed by atoms with Crippen molar-refractivity contribution < 1.29 is 14.0 Å². The minimum atomic E-state index is -2.78. The number of carbonyl (C=O) groups excluding carboxylic acids is 1. The van der Waals surface area contributed by atoms with Gasteiger partial charge in [-0.3, -0.25) is 14.3 Å². The van der Waals surface area contributed by atoms with Crippen LogP contribution < -0.4 is 21.6 Å². The monoisotopic (exact) mass is 506 g/mol. The van der Waals surface area contributed by atoms with Crippen molar-refractivity contribution in [3.8, 4) is 0 Å². The first-order valence-electron chi connectivity index (χ1n) is 12.3. The second kappa shape index (κ2) is 10.5. The molecule has 3 atom stereocenters. The number of benzene rings is 2. The molecule has 0 unspecified atom stereocenters. The minimum Gasteiger partial charge on any atom is -0.405 e. The molecule has 0 radical (unpaired) electrons. The van der Waals surface area contributed by atoms with Gasteiger partial charge in [0.05, 0.1) is 12.7 Å². The van der Waals surface area contributed by atoms with Gasteiger partial charge in [-0.15, -0.1) is 0 Å². The Hall–Kier alpha value is -3.07. The lowest BCUT2D eigenvalue weighted by atomic mass is 9.98. The summed E-state index contributed by atoms with van der Waals surface area (Å²) in [6, 6.07) is 20.7. The van der Waals surface area contributed by atoms with Gasteiger partial charge in [-0.25, -0.2) is 4.79 Å². The molecule has 1 saturated heterocycles. The van der Waals surface area contributed by atoms with Gasteiger partial charge in [-0.2, -0.15) is 0 Å². The van der Waals surface area contributed by atoms with Crippen LogP contribution >= 0.6 is 0 Å². The number of rotatable bonds is 8. The second-order valence-electron chi connectivity index (χ2n) is 10.5. The Balaban J connectivity index is 1.70. The molecule has 0 saturated carbocycles. The zero-order chi connectivity index (χ0) is 25.9. The summed E-state index contributed by atoms with van der Waals surface area (Å²) >= 11 is 0. The quantitative estimate of drug-likeness (QED) is 0.375. The lowest BCUT2D eigenvalue weighted by Crippen LogP contribution is -2.67. The first-order valence-corrected chi connectivity index (χ1v) is 14.2. The van der Waals surface area contributed by atoms with Gasteiger partial charge < -0.3 is 14.0 Å². The molecule has 1 N–H and O–H groups in total. The molecule has 4 rings (SSSR count). The summed E-state index contributed by atoms with van der Waals surface area (Å²) in [5.41, 5.74) is -0.503. The number of hydrogen-bond acceptors (Lipinski definition) is 5. The lowest BCUT2D eigenvalue weighted by molar-refractivity contribution is -0.109. The van der Waals surface area contributed by atoms with E-state index in [0.717, 1.165) is 16.7 Å². The van der Waals surface area contributed by atoms with Gasteiger partial charge in [0.2, 0.25) is 0 Å². The van der Waals surface area contributed by atoms with E-state index >= 15 is 0 Å². The van der Waals surface area contributed by atoms with Gasteiger partial charge in [-0.05, 0) is 34.7 Å². The molecular weight excluding hydrogens is 472 g/mol. The van der Waals surface area contributed by atoms with Crippen molar-refractivity contribution in [3.63, 3.8) is 0 Å². The van der Waals surface area contributed by atoms with E-state index in [1.165, 1.54) is 10.8 Å². The molecule has 1 aliphatic heterocycles. The highest BCUT2D eigenvalue weighted by Gasteiger charge is 2.51. The number of carbonyl (C=O) groups is 1. The van der Waals surface area contributed by atoms with Crippen LogP contribution in [0.5, 0.6) is 0 Å². The number of aryl methyl sites for hydroxylation is 1. The predicted octanol–water partition coefficient (Wildman–Crippen LogP) is 2.91. The smallest absolute Gasteiger partial charge is 0.330 e. The second-order valence-corrected chi connectivity index (χ2v) is 14.8. The molecule has 2 heterocycles. The molecule has 0 aliphatic carbocycles. The van der Waals surface area contributed by atoms with Gasteiger partial charge in [0.1, 0.15) is 12.5 Å². The Morgan fingerprint density at radius 2 is 1.64 bits per heavy atom. The van der Waals surface area contributed by atoms with E-state index in [4.69, 9.17) is 9.16 Å².